The van der Waals surface area contributed by atoms with Gasteiger partial charge in [0, 0.05) is 14.0 Å². The molecule has 0 fully saturated rings. The van der Waals surface area contributed by atoms with Crippen molar-refractivity contribution in [2.24, 2.45) is 0 Å². The molecule has 2 amide bonds. The van der Waals surface area contributed by atoms with Crippen molar-refractivity contribution in [1.82, 2.24) is 19.6 Å². The van der Waals surface area contributed by atoms with Gasteiger partial charge in [0.25, 0.3) is 0 Å². The van der Waals surface area contributed by atoms with Crippen LogP contribution in [0.5, 0.6) is 0 Å². The molecule has 0 saturated carbocycles. The first-order valence-corrected chi connectivity index (χ1v) is 12.4. The van der Waals surface area contributed by atoms with Crippen LogP contribution in [0.2, 0.25) is 0 Å². The summed E-state index contributed by atoms with van der Waals surface area (Å²) in [7, 11) is -2.77. The quantitative estimate of drug-likeness (QED) is 0.274. The van der Waals surface area contributed by atoms with Gasteiger partial charge in [-0.2, -0.15) is 4.72 Å². The number of rotatable bonds is 11. The number of carboxylic acids is 1. The number of carboxylic acid groups (broad SMARTS) is 1. The second-order valence-electron chi connectivity index (χ2n) is 8.05. The summed E-state index contributed by atoms with van der Waals surface area (Å²) >= 11 is 0. The molecule has 3 aromatic rings. The molecular weight excluding hydrogens is 490 g/mol. The van der Waals surface area contributed by atoms with Crippen LogP contribution >= 0.6 is 0 Å². The first-order valence-electron chi connectivity index (χ1n) is 10.9. The molecule has 0 bridgehead atoms. The molecule has 4 N–H and O–H groups in total. The minimum Gasteiger partial charge on any atom is -0.478 e. The topological polar surface area (TPSA) is 169 Å². The smallest absolute Gasteiger partial charge is 0.353 e. The Morgan fingerprint density at radius 3 is 2.36 bits per heavy atom. The molecule has 0 radical (unpaired) electrons. The van der Waals surface area contributed by atoms with Gasteiger partial charge in [0.1, 0.15) is 0 Å². The minimum atomic E-state index is -4.44. The van der Waals surface area contributed by atoms with E-state index in [0.717, 1.165) is 12.4 Å². The van der Waals surface area contributed by atoms with Gasteiger partial charge in [-0.1, -0.05) is 30.3 Å². The van der Waals surface area contributed by atoms with Crippen molar-refractivity contribution >= 4 is 44.8 Å². The number of hydrogen-bond donors (Lipinski definition) is 4. The number of fused-ring (bicyclic) bond motifs is 1. The number of aliphatic carboxylic acids is 1. The van der Waals surface area contributed by atoms with Crippen LogP contribution in [0.4, 0.5) is 5.95 Å². The summed E-state index contributed by atoms with van der Waals surface area (Å²) in [6.07, 6.45) is -1.93. The molecular formula is C23H27N5O7S. The third-order valence-electron chi connectivity index (χ3n) is 5.14. The Kier molecular flexibility index (Phi) is 8.07. The summed E-state index contributed by atoms with van der Waals surface area (Å²) in [5, 5.41) is 15.0. The number of ether oxygens (including phenoxy) is 1. The molecule has 192 valence electrons. The highest BCUT2D eigenvalue weighted by atomic mass is 32.2. The van der Waals surface area contributed by atoms with Gasteiger partial charge in [-0.25, -0.2) is 18.2 Å². The number of imidazole rings is 1. The number of nitrogens with one attached hydrogen (secondary N) is 3. The molecule has 1 unspecified atom stereocenters. The van der Waals surface area contributed by atoms with Crippen molar-refractivity contribution in [1.29, 1.82) is 0 Å². The lowest BCUT2D eigenvalue weighted by molar-refractivity contribution is -0.180. The monoisotopic (exact) mass is 517 g/mol. The van der Waals surface area contributed by atoms with Crippen molar-refractivity contribution < 1.29 is 32.6 Å². The molecule has 36 heavy (non-hydrogen) atoms. The van der Waals surface area contributed by atoms with Gasteiger partial charge in [0.2, 0.25) is 33.5 Å². The van der Waals surface area contributed by atoms with Crippen LogP contribution in [0.25, 0.3) is 11.0 Å². The van der Waals surface area contributed by atoms with Gasteiger partial charge in [0.05, 0.1) is 35.0 Å². The second-order valence-corrected chi connectivity index (χ2v) is 9.73. The highest BCUT2D eigenvalue weighted by Crippen LogP contribution is 2.24. The molecule has 2 atom stereocenters. The molecule has 1 heterocycles. The number of anilines is 1. The molecule has 12 nitrogen and oxygen atoms in total. The number of hydrogen-bond acceptors (Lipinski definition) is 8. The van der Waals surface area contributed by atoms with E-state index in [1.54, 1.807) is 23.7 Å². The maximum atomic E-state index is 13.1. The molecule has 0 spiro atoms. The largest absolute Gasteiger partial charge is 0.478 e. The number of aromatic nitrogens is 2. The van der Waals surface area contributed by atoms with Crippen molar-refractivity contribution in [3.63, 3.8) is 0 Å². The first kappa shape index (κ1) is 26.8. The fourth-order valence-corrected chi connectivity index (χ4v) is 4.98. The van der Waals surface area contributed by atoms with Crippen LogP contribution < -0.4 is 15.4 Å². The minimum absolute atomic E-state index is 0.0626. The Bertz CT molecular complexity index is 1370. The van der Waals surface area contributed by atoms with E-state index in [-0.39, 0.29) is 11.4 Å². The average molecular weight is 518 g/mol. The Labute approximate surface area is 207 Å². The number of carbonyl (C=O) groups is 3. The summed E-state index contributed by atoms with van der Waals surface area (Å²) in [4.78, 5) is 40.5. The highest BCUT2D eigenvalue weighted by molar-refractivity contribution is 7.89. The van der Waals surface area contributed by atoms with Crippen molar-refractivity contribution in [3.8, 4) is 0 Å². The molecule has 1 aromatic heterocycles. The van der Waals surface area contributed by atoms with Crippen molar-refractivity contribution in [2.75, 3.05) is 12.4 Å². The molecule has 0 aliphatic heterocycles. The van der Waals surface area contributed by atoms with Crippen LogP contribution in [-0.4, -0.2) is 59.7 Å². The number of para-hydroxylation sites is 2. The molecule has 0 aliphatic carbocycles. The van der Waals surface area contributed by atoms with E-state index in [9.17, 15) is 27.9 Å². The maximum absolute atomic E-state index is 13.1. The Hall–Kier alpha value is -3.81. The Balaban J connectivity index is 1.99. The van der Waals surface area contributed by atoms with E-state index in [1.165, 1.54) is 31.2 Å². The number of benzene rings is 2. The normalized spacial score (nSPS) is 14.1. The first-order chi connectivity index (χ1) is 17.0. The Morgan fingerprint density at radius 1 is 1.11 bits per heavy atom. The fraction of sp³-hybridized carbons (Fsp3) is 0.304. The standard InChI is InChI=1S/C23H27N5O7S/c1-15(14-28-19-12-8-7-11-18(19)26-22(28)24-3)35-23(21(31)32,13-20(30)25-16(2)29)27-36(33,34)17-9-5-4-6-10-17/h4-12,15,27H,13-14H2,1-3H3,(H,24,26)(H,31,32)(H,25,29,30)/t15-,23?/m1/s1. The van der Waals surface area contributed by atoms with E-state index in [1.807, 2.05) is 28.2 Å². The lowest BCUT2D eigenvalue weighted by Crippen LogP contribution is -2.60. The van der Waals surface area contributed by atoms with E-state index in [2.05, 4.69) is 10.3 Å². The molecule has 3 rings (SSSR count). The van der Waals surface area contributed by atoms with Gasteiger partial charge in [-0.15, -0.1) is 0 Å². The summed E-state index contributed by atoms with van der Waals surface area (Å²) in [5.41, 5.74) is -1.30. The van der Waals surface area contributed by atoms with Crippen LogP contribution in [0, 0.1) is 0 Å². The van der Waals surface area contributed by atoms with Gasteiger partial charge in [-0.3, -0.25) is 14.9 Å². The van der Waals surface area contributed by atoms with Crippen LogP contribution in [-0.2, 0) is 35.7 Å². The second kappa shape index (κ2) is 10.8. The summed E-state index contributed by atoms with van der Waals surface area (Å²) in [6.45, 7) is 2.67. The number of sulfonamides is 1. The lowest BCUT2D eigenvalue weighted by atomic mass is 10.1. The highest BCUT2D eigenvalue weighted by Gasteiger charge is 2.47. The van der Waals surface area contributed by atoms with Crippen LogP contribution in [0.3, 0.4) is 0 Å². The lowest BCUT2D eigenvalue weighted by Gasteiger charge is -2.32. The van der Waals surface area contributed by atoms with Crippen LogP contribution in [0.1, 0.15) is 20.3 Å². The zero-order chi connectivity index (χ0) is 26.5. The SMILES string of the molecule is CNc1nc2ccccc2n1C[C@@H](C)OC(CC(=O)NC(C)=O)(NS(=O)(=O)c1ccccc1)C(=O)O. The predicted octanol–water partition coefficient (Wildman–Crippen LogP) is 1.30. The number of carbonyl (C=O) groups excluding carboxylic acids is 2. The Morgan fingerprint density at radius 2 is 1.75 bits per heavy atom. The molecule has 0 aliphatic rings. The number of nitrogens with zero attached hydrogens (tertiary/aromatic N) is 2. The summed E-state index contributed by atoms with van der Waals surface area (Å²) in [6, 6.07) is 14.3. The molecule has 2 aromatic carbocycles. The van der Waals surface area contributed by atoms with E-state index in [4.69, 9.17) is 4.74 Å². The van der Waals surface area contributed by atoms with Crippen molar-refractivity contribution in [2.45, 2.75) is 43.5 Å². The van der Waals surface area contributed by atoms with Gasteiger partial charge in [-0.05, 0) is 31.2 Å². The van der Waals surface area contributed by atoms with E-state index in [0.29, 0.717) is 11.5 Å². The summed E-state index contributed by atoms with van der Waals surface area (Å²) in [5.74, 6) is -3.04. The van der Waals surface area contributed by atoms with E-state index >= 15 is 0 Å². The van der Waals surface area contributed by atoms with Gasteiger partial charge in [0.15, 0.2) is 0 Å². The molecule has 0 saturated heterocycles. The van der Waals surface area contributed by atoms with Gasteiger partial charge >= 0.3 is 5.97 Å². The summed E-state index contributed by atoms with van der Waals surface area (Å²) < 4.78 is 35.7. The van der Waals surface area contributed by atoms with E-state index < -0.39 is 46.1 Å². The van der Waals surface area contributed by atoms with Crippen LogP contribution in [0.15, 0.2) is 59.5 Å². The predicted molar refractivity (Wildman–Crippen MR) is 130 cm³/mol. The maximum Gasteiger partial charge on any atom is 0.353 e. The third-order valence-corrected chi connectivity index (χ3v) is 6.63. The number of imide groups is 1. The fourth-order valence-electron chi connectivity index (χ4n) is 3.70. The number of amides is 2. The van der Waals surface area contributed by atoms with Crippen molar-refractivity contribution in [3.05, 3.63) is 54.6 Å². The zero-order valence-electron chi connectivity index (χ0n) is 19.9. The molecule has 13 heteroatoms. The average Bonchev–Trinajstić information content (AvgIpc) is 3.16. The zero-order valence-corrected chi connectivity index (χ0v) is 20.7. The van der Waals surface area contributed by atoms with Gasteiger partial charge < -0.3 is 19.7 Å². The third kappa shape index (κ3) is 6.05.